The molecule has 0 heterocycles. The number of hydrogen-bond acceptors (Lipinski definition) is 2. The van der Waals surface area contributed by atoms with E-state index in [-0.39, 0.29) is 0 Å². The van der Waals surface area contributed by atoms with Crippen molar-refractivity contribution in [2.45, 2.75) is 19.9 Å². The summed E-state index contributed by atoms with van der Waals surface area (Å²) in [5, 5.41) is 0. The lowest BCUT2D eigenvalue weighted by atomic mass is 10.2. The van der Waals surface area contributed by atoms with Gasteiger partial charge in [-0.25, -0.2) is 0 Å². The normalized spacial score (nSPS) is 10.1. The van der Waals surface area contributed by atoms with Gasteiger partial charge in [0.25, 0.3) is 0 Å². The molecule has 0 spiro atoms. The molecule has 1 aromatic carbocycles. The van der Waals surface area contributed by atoms with E-state index in [1.807, 2.05) is 6.07 Å². The van der Waals surface area contributed by atoms with Crippen LogP contribution in [-0.4, -0.2) is 6.54 Å². The lowest BCUT2D eigenvalue weighted by Gasteiger charge is -2.04. The zero-order valence-electron chi connectivity index (χ0n) is 7.51. The van der Waals surface area contributed by atoms with Gasteiger partial charge in [-0.2, -0.15) is 0 Å². The Balaban J connectivity index is 2.16. The highest BCUT2D eigenvalue weighted by Crippen LogP contribution is 1.95. The van der Waals surface area contributed by atoms with Crippen molar-refractivity contribution in [1.82, 2.24) is 10.9 Å². The Hall–Kier alpha value is -0.860. The van der Waals surface area contributed by atoms with Crippen molar-refractivity contribution in [2.24, 2.45) is 0 Å². The minimum atomic E-state index is 0.890. The fraction of sp³-hybridized carbons (Fsp3) is 0.400. The van der Waals surface area contributed by atoms with Crippen LogP contribution in [0.2, 0.25) is 0 Å². The average Bonchev–Trinajstić information content (AvgIpc) is 2.14. The van der Waals surface area contributed by atoms with E-state index in [1.54, 1.807) is 0 Å². The molecule has 0 radical (unpaired) electrons. The topological polar surface area (TPSA) is 24.1 Å². The van der Waals surface area contributed by atoms with Gasteiger partial charge in [0.15, 0.2) is 0 Å². The lowest BCUT2D eigenvalue weighted by molar-refractivity contribution is 0.528. The second-order valence-corrected chi connectivity index (χ2v) is 2.77. The summed E-state index contributed by atoms with van der Waals surface area (Å²) in [6.45, 7) is 4.06. The van der Waals surface area contributed by atoms with E-state index < -0.39 is 0 Å². The van der Waals surface area contributed by atoms with Gasteiger partial charge in [-0.15, -0.1) is 0 Å². The Kier molecular flexibility index (Phi) is 4.42. The number of nitrogens with one attached hydrogen (secondary N) is 2. The summed E-state index contributed by atoms with van der Waals surface area (Å²) in [6.07, 6.45) is 1.15. The van der Waals surface area contributed by atoms with Crippen LogP contribution in [0, 0.1) is 0 Å². The fourth-order valence-corrected chi connectivity index (χ4v) is 0.974. The van der Waals surface area contributed by atoms with Crippen LogP contribution >= 0.6 is 0 Å². The fourth-order valence-electron chi connectivity index (χ4n) is 0.974. The van der Waals surface area contributed by atoms with E-state index in [4.69, 9.17) is 0 Å². The Morgan fingerprint density at radius 2 is 1.83 bits per heavy atom. The molecule has 12 heavy (non-hydrogen) atoms. The molecule has 0 bridgehead atoms. The zero-order chi connectivity index (χ0) is 8.65. The van der Waals surface area contributed by atoms with Crippen LogP contribution in [0.4, 0.5) is 0 Å². The predicted molar refractivity (Wildman–Crippen MR) is 51.6 cm³/mol. The second-order valence-electron chi connectivity index (χ2n) is 2.77. The maximum Gasteiger partial charge on any atom is 0.0351 e. The van der Waals surface area contributed by atoms with Gasteiger partial charge in [0.1, 0.15) is 0 Å². The van der Waals surface area contributed by atoms with Crippen molar-refractivity contribution in [2.75, 3.05) is 6.54 Å². The van der Waals surface area contributed by atoms with Gasteiger partial charge in [0.2, 0.25) is 0 Å². The standard InChI is InChI=1S/C10H16N2/c1-2-8-11-12-9-10-6-4-3-5-7-10/h3-7,11-12H,2,8-9H2,1H3. The van der Waals surface area contributed by atoms with Crippen LogP contribution in [-0.2, 0) is 6.54 Å². The molecule has 0 fully saturated rings. The molecule has 2 nitrogen and oxygen atoms in total. The summed E-state index contributed by atoms with van der Waals surface area (Å²) in [5.74, 6) is 0. The van der Waals surface area contributed by atoms with Crippen LogP contribution in [0.3, 0.4) is 0 Å². The van der Waals surface area contributed by atoms with Gasteiger partial charge in [0.05, 0.1) is 0 Å². The van der Waals surface area contributed by atoms with E-state index >= 15 is 0 Å². The van der Waals surface area contributed by atoms with Gasteiger partial charge >= 0.3 is 0 Å². The van der Waals surface area contributed by atoms with Crippen molar-refractivity contribution in [1.29, 1.82) is 0 Å². The van der Waals surface area contributed by atoms with Crippen LogP contribution in [0.1, 0.15) is 18.9 Å². The molecule has 66 valence electrons. The minimum absolute atomic E-state index is 0.890. The Bertz CT molecular complexity index is 196. The van der Waals surface area contributed by atoms with Gasteiger partial charge in [-0.05, 0) is 12.0 Å². The largest absolute Gasteiger partial charge is 0.258 e. The van der Waals surface area contributed by atoms with Crippen LogP contribution in [0.5, 0.6) is 0 Å². The molecule has 0 aromatic heterocycles. The van der Waals surface area contributed by atoms with E-state index in [2.05, 4.69) is 42.0 Å². The summed E-state index contributed by atoms with van der Waals surface area (Å²) >= 11 is 0. The molecule has 0 saturated carbocycles. The SMILES string of the molecule is CCCNNCc1ccccc1. The Morgan fingerprint density at radius 3 is 2.50 bits per heavy atom. The van der Waals surface area contributed by atoms with Crippen LogP contribution in [0.15, 0.2) is 30.3 Å². The smallest absolute Gasteiger partial charge is 0.0351 e. The molecule has 0 aliphatic heterocycles. The van der Waals surface area contributed by atoms with Crippen LogP contribution in [0.25, 0.3) is 0 Å². The highest BCUT2D eigenvalue weighted by molar-refractivity contribution is 5.13. The molecule has 0 atom stereocenters. The minimum Gasteiger partial charge on any atom is -0.258 e. The Labute approximate surface area is 74.0 Å². The van der Waals surface area contributed by atoms with Gasteiger partial charge < -0.3 is 0 Å². The molecule has 0 aliphatic carbocycles. The van der Waals surface area contributed by atoms with Gasteiger partial charge in [-0.3, -0.25) is 10.9 Å². The molecule has 1 rings (SSSR count). The third-order valence-corrected chi connectivity index (χ3v) is 1.64. The van der Waals surface area contributed by atoms with Crippen molar-refractivity contribution in [3.05, 3.63) is 35.9 Å². The van der Waals surface area contributed by atoms with E-state index in [1.165, 1.54) is 5.56 Å². The first-order valence-electron chi connectivity index (χ1n) is 4.43. The first-order chi connectivity index (χ1) is 5.93. The molecule has 0 amide bonds. The first-order valence-corrected chi connectivity index (χ1v) is 4.43. The van der Waals surface area contributed by atoms with E-state index in [0.717, 1.165) is 19.5 Å². The molecular weight excluding hydrogens is 148 g/mol. The Morgan fingerprint density at radius 1 is 1.08 bits per heavy atom. The van der Waals surface area contributed by atoms with E-state index in [0.29, 0.717) is 0 Å². The van der Waals surface area contributed by atoms with Crippen molar-refractivity contribution in [3.63, 3.8) is 0 Å². The molecule has 0 saturated heterocycles. The number of hydrogen-bond donors (Lipinski definition) is 2. The lowest BCUT2D eigenvalue weighted by Crippen LogP contribution is -2.31. The highest BCUT2D eigenvalue weighted by Gasteiger charge is 1.87. The molecule has 0 aliphatic rings. The zero-order valence-corrected chi connectivity index (χ0v) is 7.51. The summed E-state index contributed by atoms with van der Waals surface area (Å²) < 4.78 is 0. The predicted octanol–water partition coefficient (Wildman–Crippen LogP) is 1.69. The summed E-state index contributed by atoms with van der Waals surface area (Å²) in [4.78, 5) is 0. The molecule has 1 aromatic rings. The number of benzene rings is 1. The number of hydrazine groups is 1. The third kappa shape index (κ3) is 3.51. The monoisotopic (exact) mass is 164 g/mol. The summed E-state index contributed by atoms with van der Waals surface area (Å²) in [5.41, 5.74) is 7.59. The van der Waals surface area contributed by atoms with Crippen LogP contribution < -0.4 is 10.9 Å². The summed E-state index contributed by atoms with van der Waals surface area (Å²) in [7, 11) is 0. The molecule has 2 heteroatoms. The molecule has 0 unspecified atom stereocenters. The molecular formula is C10H16N2. The number of rotatable bonds is 5. The first kappa shape index (κ1) is 9.23. The molecule has 2 N–H and O–H groups in total. The maximum absolute atomic E-state index is 3.15. The van der Waals surface area contributed by atoms with Crippen molar-refractivity contribution < 1.29 is 0 Å². The van der Waals surface area contributed by atoms with Crippen molar-refractivity contribution in [3.8, 4) is 0 Å². The maximum atomic E-state index is 3.15. The second kappa shape index (κ2) is 5.75. The summed E-state index contributed by atoms with van der Waals surface area (Å²) in [6, 6.07) is 10.4. The van der Waals surface area contributed by atoms with Crippen molar-refractivity contribution >= 4 is 0 Å². The van der Waals surface area contributed by atoms with E-state index in [9.17, 15) is 0 Å². The average molecular weight is 164 g/mol. The van der Waals surface area contributed by atoms with Gasteiger partial charge in [-0.1, -0.05) is 37.3 Å². The van der Waals surface area contributed by atoms with Gasteiger partial charge in [0, 0.05) is 13.1 Å². The third-order valence-electron chi connectivity index (χ3n) is 1.64. The quantitative estimate of drug-likeness (QED) is 0.511. The highest BCUT2D eigenvalue weighted by atomic mass is 15.3.